The second kappa shape index (κ2) is 8.46. The minimum Gasteiger partial charge on any atom is -0.497 e. The van der Waals surface area contributed by atoms with Crippen molar-refractivity contribution < 1.29 is 13.9 Å². The molecular formula is C26H24FN3O2. The largest absolute Gasteiger partial charge is 0.497 e. The fourth-order valence-electron chi connectivity index (χ4n) is 4.63. The number of aryl methyl sites for hydroxylation is 1. The van der Waals surface area contributed by atoms with Crippen LogP contribution in [-0.4, -0.2) is 34.4 Å². The molecular weight excluding hydrogens is 405 g/mol. The van der Waals surface area contributed by atoms with Gasteiger partial charge in [-0.25, -0.2) is 4.39 Å². The van der Waals surface area contributed by atoms with Gasteiger partial charge in [0.1, 0.15) is 17.6 Å². The van der Waals surface area contributed by atoms with Gasteiger partial charge in [0.2, 0.25) is 5.91 Å². The highest BCUT2D eigenvalue weighted by atomic mass is 19.1. The number of aromatic amines is 1. The summed E-state index contributed by atoms with van der Waals surface area (Å²) in [5.41, 5.74) is 4.51. The van der Waals surface area contributed by atoms with Gasteiger partial charge in [0.05, 0.1) is 7.11 Å². The summed E-state index contributed by atoms with van der Waals surface area (Å²) >= 11 is 0. The normalized spacial score (nSPS) is 15.6. The first kappa shape index (κ1) is 20.2. The molecule has 2 aromatic heterocycles. The van der Waals surface area contributed by atoms with Crippen LogP contribution in [0, 0.1) is 5.82 Å². The molecule has 3 heterocycles. The summed E-state index contributed by atoms with van der Waals surface area (Å²) in [7, 11) is 1.51. The Hall–Kier alpha value is -3.67. The summed E-state index contributed by atoms with van der Waals surface area (Å²) in [5.74, 6) is 0.0673. The molecule has 0 unspecified atom stereocenters. The van der Waals surface area contributed by atoms with Crippen molar-refractivity contribution in [3.8, 4) is 5.75 Å². The van der Waals surface area contributed by atoms with E-state index < -0.39 is 6.04 Å². The summed E-state index contributed by atoms with van der Waals surface area (Å²) in [6.45, 7) is 0.539. The van der Waals surface area contributed by atoms with E-state index in [1.807, 2.05) is 30.3 Å². The van der Waals surface area contributed by atoms with Crippen LogP contribution >= 0.6 is 0 Å². The van der Waals surface area contributed by atoms with E-state index in [0.717, 1.165) is 34.1 Å². The van der Waals surface area contributed by atoms with Crippen LogP contribution in [0.4, 0.5) is 4.39 Å². The second-order valence-corrected chi connectivity index (χ2v) is 8.05. The second-order valence-electron chi connectivity index (χ2n) is 8.05. The molecule has 0 radical (unpaired) electrons. The van der Waals surface area contributed by atoms with Crippen LogP contribution in [0.3, 0.4) is 0 Å². The molecule has 6 heteroatoms. The SMILES string of the molecule is COc1ccc([C@H]2c3[nH]c4ccccc4c3CCN2C(=O)CCc2cccnc2)c(F)c1. The predicted octanol–water partition coefficient (Wildman–Crippen LogP) is 4.82. The van der Waals surface area contributed by atoms with Crippen LogP contribution in [0.25, 0.3) is 10.9 Å². The number of nitrogens with one attached hydrogen (secondary N) is 1. The van der Waals surface area contributed by atoms with Gasteiger partial charge in [-0.1, -0.05) is 24.3 Å². The Balaban J connectivity index is 1.54. The average Bonchev–Trinajstić information content (AvgIpc) is 3.21. The Morgan fingerprint density at radius 2 is 2.09 bits per heavy atom. The number of nitrogens with zero attached hydrogens (tertiary/aromatic N) is 2. The quantitative estimate of drug-likeness (QED) is 0.495. The zero-order valence-electron chi connectivity index (χ0n) is 17.8. The van der Waals surface area contributed by atoms with Crippen molar-refractivity contribution in [2.45, 2.75) is 25.3 Å². The molecule has 162 valence electrons. The summed E-state index contributed by atoms with van der Waals surface area (Å²) in [4.78, 5) is 22.8. The van der Waals surface area contributed by atoms with E-state index >= 15 is 4.39 Å². The molecule has 1 aliphatic rings. The third kappa shape index (κ3) is 3.62. The highest BCUT2D eigenvalue weighted by Gasteiger charge is 2.35. The van der Waals surface area contributed by atoms with Gasteiger partial charge in [-0.3, -0.25) is 9.78 Å². The number of carbonyl (C=O) groups excluding carboxylic acids is 1. The van der Waals surface area contributed by atoms with Crippen molar-refractivity contribution >= 4 is 16.8 Å². The monoisotopic (exact) mass is 429 g/mol. The summed E-state index contributed by atoms with van der Waals surface area (Å²) in [6, 6.07) is 16.2. The lowest BCUT2D eigenvalue weighted by molar-refractivity contribution is -0.133. The number of halogens is 1. The third-order valence-electron chi connectivity index (χ3n) is 6.21. The maximum Gasteiger partial charge on any atom is 0.223 e. The molecule has 0 spiro atoms. The van der Waals surface area contributed by atoms with Crippen molar-refractivity contribution in [3.63, 3.8) is 0 Å². The molecule has 0 bridgehead atoms. The minimum absolute atomic E-state index is 0.00150. The predicted molar refractivity (Wildman–Crippen MR) is 121 cm³/mol. The lowest BCUT2D eigenvalue weighted by atomic mass is 9.91. The molecule has 1 aliphatic heterocycles. The van der Waals surface area contributed by atoms with Crippen LogP contribution in [0.15, 0.2) is 67.0 Å². The zero-order chi connectivity index (χ0) is 22.1. The molecule has 0 saturated heterocycles. The molecule has 2 aromatic carbocycles. The zero-order valence-corrected chi connectivity index (χ0v) is 17.8. The number of methoxy groups -OCH3 is 1. The van der Waals surface area contributed by atoms with E-state index in [1.54, 1.807) is 29.4 Å². The lowest BCUT2D eigenvalue weighted by Crippen LogP contribution is -2.41. The van der Waals surface area contributed by atoms with Gasteiger partial charge in [-0.2, -0.15) is 0 Å². The third-order valence-corrected chi connectivity index (χ3v) is 6.21. The van der Waals surface area contributed by atoms with Gasteiger partial charge in [0.25, 0.3) is 0 Å². The first-order valence-corrected chi connectivity index (χ1v) is 10.8. The molecule has 1 N–H and O–H groups in total. The average molecular weight is 429 g/mol. The van der Waals surface area contributed by atoms with E-state index in [-0.39, 0.29) is 11.7 Å². The summed E-state index contributed by atoms with van der Waals surface area (Å²) < 4.78 is 20.4. The molecule has 5 nitrogen and oxygen atoms in total. The maximum absolute atomic E-state index is 15.2. The molecule has 0 saturated carbocycles. The van der Waals surface area contributed by atoms with Gasteiger partial charge >= 0.3 is 0 Å². The number of aromatic nitrogens is 2. The van der Waals surface area contributed by atoms with Gasteiger partial charge in [-0.05, 0) is 48.2 Å². The number of fused-ring (bicyclic) bond motifs is 3. The smallest absolute Gasteiger partial charge is 0.223 e. The number of rotatable bonds is 5. The number of H-pyrrole nitrogens is 1. The Bertz CT molecular complexity index is 1270. The van der Waals surface area contributed by atoms with E-state index in [9.17, 15) is 4.79 Å². The fourth-order valence-corrected chi connectivity index (χ4v) is 4.63. The number of para-hydroxylation sites is 1. The Labute approximate surface area is 185 Å². The number of hydrogen-bond acceptors (Lipinski definition) is 3. The molecule has 1 atom stereocenters. The van der Waals surface area contributed by atoms with E-state index in [2.05, 4.69) is 16.0 Å². The van der Waals surface area contributed by atoms with Crippen LogP contribution in [0.2, 0.25) is 0 Å². The number of pyridine rings is 1. The Morgan fingerprint density at radius 3 is 2.88 bits per heavy atom. The molecule has 32 heavy (non-hydrogen) atoms. The first-order chi connectivity index (χ1) is 15.7. The number of benzene rings is 2. The van der Waals surface area contributed by atoms with Crippen molar-refractivity contribution in [2.24, 2.45) is 0 Å². The Kier molecular flexibility index (Phi) is 5.35. The van der Waals surface area contributed by atoms with Gasteiger partial charge < -0.3 is 14.6 Å². The van der Waals surface area contributed by atoms with Crippen LogP contribution in [0.1, 0.15) is 34.8 Å². The molecule has 1 amide bonds. The topological polar surface area (TPSA) is 58.2 Å². The van der Waals surface area contributed by atoms with Crippen molar-refractivity contribution in [3.05, 3.63) is 95.2 Å². The number of hydrogen-bond donors (Lipinski definition) is 1. The highest BCUT2D eigenvalue weighted by Crippen LogP contribution is 2.40. The number of carbonyl (C=O) groups is 1. The van der Waals surface area contributed by atoms with Gasteiger partial charge in [0.15, 0.2) is 0 Å². The van der Waals surface area contributed by atoms with Crippen molar-refractivity contribution in [1.82, 2.24) is 14.9 Å². The standard InChI is InChI=1S/C26H24FN3O2/c1-32-18-9-10-21(22(27)15-18)26-25-20(19-6-2-3-7-23(19)29-25)12-14-30(26)24(31)11-8-17-5-4-13-28-16-17/h2-7,9-10,13,15-16,26,29H,8,11-12,14H2,1H3/t26-/m0/s1. The molecule has 5 rings (SSSR count). The summed E-state index contributed by atoms with van der Waals surface area (Å²) in [5, 5.41) is 1.13. The number of ether oxygens (including phenoxy) is 1. The fraction of sp³-hybridized carbons (Fsp3) is 0.231. The molecule has 4 aromatic rings. The van der Waals surface area contributed by atoms with E-state index in [0.29, 0.717) is 30.7 Å². The minimum atomic E-state index is -0.515. The van der Waals surface area contributed by atoms with Crippen molar-refractivity contribution in [1.29, 1.82) is 0 Å². The van der Waals surface area contributed by atoms with Gasteiger partial charge in [0, 0.05) is 53.6 Å². The van der Waals surface area contributed by atoms with E-state index in [1.165, 1.54) is 13.2 Å². The van der Waals surface area contributed by atoms with E-state index in [4.69, 9.17) is 4.74 Å². The van der Waals surface area contributed by atoms with Gasteiger partial charge in [-0.15, -0.1) is 0 Å². The van der Waals surface area contributed by atoms with Crippen LogP contribution in [-0.2, 0) is 17.6 Å². The lowest BCUT2D eigenvalue weighted by Gasteiger charge is -2.36. The highest BCUT2D eigenvalue weighted by molar-refractivity contribution is 5.86. The summed E-state index contributed by atoms with van der Waals surface area (Å²) in [6.07, 6.45) is 5.16. The Morgan fingerprint density at radius 1 is 1.22 bits per heavy atom. The first-order valence-electron chi connectivity index (χ1n) is 10.8. The van der Waals surface area contributed by atoms with Crippen LogP contribution in [0.5, 0.6) is 5.75 Å². The molecule has 0 aliphatic carbocycles. The molecule has 0 fully saturated rings. The van der Waals surface area contributed by atoms with Crippen LogP contribution < -0.4 is 4.74 Å². The number of amides is 1. The maximum atomic E-state index is 15.2. The van der Waals surface area contributed by atoms with Crippen molar-refractivity contribution in [2.75, 3.05) is 13.7 Å².